The Morgan fingerprint density at radius 3 is 2.83 bits per heavy atom. The van der Waals surface area contributed by atoms with Crippen LogP contribution in [0.15, 0.2) is 21.2 Å². The number of carbonyl (C=O) groups is 1. The Morgan fingerprint density at radius 2 is 2.42 bits per heavy atom. The van der Waals surface area contributed by atoms with Crippen molar-refractivity contribution in [2.24, 2.45) is 5.92 Å². The average Bonchev–Trinajstić information content (AvgIpc) is 2.35. The molecule has 1 N–H and O–H groups in total. The standard InChI is InChI=1S/C8H9BrO3/c1-5(8(10)11)4-6-2-3-7(9)12-6/h2-3,5H,4H2,1H3,(H,10,11). The molecule has 1 aromatic rings. The molecule has 0 amide bonds. The largest absolute Gasteiger partial charge is 0.481 e. The summed E-state index contributed by atoms with van der Waals surface area (Å²) in [6.45, 7) is 1.65. The van der Waals surface area contributed by atoms with Crippen molar-refractivity contribution in [3.63, 3.8) is 0 Å². The first-order valence-electron chi connectivity index (χ1n) is 3.56. The molecule has 0 aliphatic rings. The summed E-state index contributed by atoms with van der Waals surface area (Å²) in [6, 6.07) is 3.52. The first kappa shape index (κ1) is 9.32. The van der Waals surface area contributed by atoms with E-state index in [0.717, 1.165) is 0 Å². The van der Waals surface area contributed by atoms with E-state index in [1.165, 1.54) is 0 Å². The molecule has 0 radical (unpaired) electrons. The third-order valence-electron chi connectivity index (χ3n) is 1.56. The lowest BCUT2D eigenvalue weighted by molar-refractivity contribution is -0.141. The maximum atomic E-state index is 10.5. The van der Waals surface area contributed by atoms with Gasteiger partial charge in [-0.05, 0) is 28.1 Å². The van der Waals surface area contributed by atoms with Crippen molar-refractivity contribution in [2.75, 3.05) is 0 Å². The van der Waals surface area contributed by atoms with Crippen LogP contribution in [-0.2, 0) is 11.2 Å². The fraction of sp³-hybridized carbons (Fsp3) is 0.375. The summed E-state index contributed by atoms with van der Waals surface area (Å²) in [5, 5.41) is 8.60. The minimum absolute atomic E-state index is 0.400. The second-order valence-electron chi connectivity index (χ2n) is 2.65. The zero-order chi connectivity index (χ0) is 9.14. The molecular formula is C8H9BrO3. The van der Waals surface area contributed by atoms with Gasteiger partial charge >= 0.3 is 5.97 Å². The normalized spacial score (nSPS) is 12.8. The monoisotopic (exact) mass is 232 g/mol. The number of hydrogen-bond donors (Lipinski definition) is 1. The molecule has 0 spiro atoms. The SMILES string of the molecule is CC(Cc1ccc(Br)o1)C(=O)O. The molecule has 1 heterocycles. The summed E-state index contributed by atoms with van der Waals surface area (Å²) >= 11 is 3.14. The Bertz CT molecular complexity index is 280. The molecule has 3 nitrogen and oxygen atoms in total. The van der Waals surface area contributed by atoms with Gasteiger partial charge in [0.25, 0.3) is 0 Å². The summed E-state index contributed by atoms with van der Waals surface area (Å²) in [7, 11) is 0. The fourth-order valence-corrected chi connectivity index (χ4v) is 1.19. The number of rotatable bonds is 3. The van der Waals surface area contributed by atoms with Gasteiger partial charge in [0.05, 0.1) is 5.92 Å². The van der Waals surface area contributed by atoms with E-state index < -0.39 is 11.9 Å². The van der Waals surface area contributed by atoms with Crippen LogP contribution in [0.5, 0.6) is 0 Å². The smallest absolute Gasteiger partial charge is 0.306 e. The van der Waals surface area contributed by atoms with E-state index in [9.17, 15) is 4.79 Å². The van der Waals surface area contributed by atoms with Crippen molar-refractivity contribution >= 4 is 21.9 Å². The fourth-order valence-electron chi connectivity index (χ4n) is 0.851. The van der Waals surface area contributed by atoms with Crippen LogP contribution in [0.25, 0.3) is 0 Å². The van der Waals surface area contributed by atoms with Crippen molar-refractivity contribution in [3.8, 4) is 0 Å². The molecule has 1 aromatic heterocycles. The molecule has 66 valence electrons. The third-order valence-corrected chi connectivity index (χ3v) is 1.98. The van der Waals surface area contributed by atoms with E-state index in [1.807, 2.05) is 0 Å². The van der Waals surface area contributed by atoms with Gasteiger partial charge in [-0.3, -0.25) is 4.79 Å². The molecule has 1 rings (SSSR count). The van der Waals surface area contributed by atoms with Crippen LogP contribution < -0.4 is 0 Å². The van der Waals surface area contributed by atoms with Gasteiger partial charge in [0.2, 0.25) is 0 Å². The number of halogens is 1. The highest BCUT2D eigenvalue weighted by Crippen LogP contribution is 2.17. The van der Waals surface area contributed by atoms with Crippen LogP contribution in [0, 0.1) is 5.92 Å². The third kappa shape index (κ3) is 2.37. The van der Waals surface area contributed by atoms with Crippen molar-refractivity contribution in [2.45, 2.75) is 13.3 Å². The minimum atomic E-state index is -0.803. The summed E-state index contributed by atoms with van der Waals surface area (Å²) in [5.74, 6) is -0.512. The molecule has 1 unspecified atom stereocenters. The first-order valence-corrected chi connectivity index (χ1v) is 4.36. The summed E-state index contributed by atoms with van der Waals surface area (Å²) in [6.07, 6.45) is 0.431. The Kier molecular flexibility index (Phi) is 2.92. The van der Waals surface area contributed by atoms with E-state index in [0.29, 0.717) is 16.9 Å². The van der Waals surface area contributed by atoms with Crippen LogP contribution in [0.4, 0.5) is 0 Å². The second-order valence-corrected chi connectivity index (χ2v) is 3.43. The Hall–Kier alpha value is -0.770. The maximum absolute atomic E-state index is 10.5. The predicted molar refractivity (Wildman–Crippen MR) is 46.9 cm³/mol. The van der Waals surface area contributed by atoms with Gasteiger partial charge in [0.1, 0.15) is 5.76 Å². The lowest BCUT2D eigenvalue weighted by Crippen LogP contribution is -2.11. The second kappa shape index (κ2) is 3.76. The van der Waals surface area contributed by atoms with Gasteiger partial charge in [0, 0.05) is 6.42 Å². The van der Waals surface area contributed by atoms with Crippen LogP contribution in [0.2, 0.25) is 0 Å². The number of aliphatic carboxylic acids is 1. The lowest BCUT2D eigenvalue weighted by Gasteiger charge is -2.01. The lowest BCUT2D eigenvalue weighted by atomic mass is 10.1. The number of hydrogen-bond acceptors (Lipinski definition) is 2. The van der Waals surface area contributed by atoms with Gasteiger partial charge < -0.3 is 9.52 Å². The Morgan fingerprint density at radius 1 is 1.75 bits per heavy atom. The van der Waals surface area contributed by atoms with Gasteiger partial charge in [-0.25, -0.2) is 0 Å². The highest BCUT2D eigenvalue weighted by molar-refractivity contribution is 9.10. The zero-order valence-electron chi connectivity index (χ0n) is 6.58. The molecule has 0 fully saturated rings. The molecule has 0 aliphatic carbocycles. The van der Waals surface area contributed by atoms with Crippen LogP contribution >= 0.6 is 15.9 Å². The highest BCUT2D eigenvalue weighted by atomic mass is 79.9. The molecule has 0 bridgehead atoms. The Balaban J connectivity index is 2.58. The molecule has 0 saturated carbocycles. The molecular weight excluding hydrogens is 224 g/mol. The Labute approximate surface area is 78.5 Å². The van der Waals surface area contributed by atoms with Crippen LogP contribution in [-0.4, -0.2) is 11.1 Å². The van der Waals surface area contributed by atoms with Gasteiger partial charge in [-0.2, -0.15) is 0 Å². The maximum Gasteiger partial charge on any atom is 0.306 e. The van der Waals surface area contributed by atoms with E-state index in [1.54, 1.807) is 19.1 Å². The highest BCUT2D eigenvalue weighted by Gasteiger charge is 2.13. The minimum Gasteiger partial charge on any atom is -0.481 e. The quantitative estimate of drug-likeness (QED) is 0.871. The molecule has 0 aliphatic heterocycles. The van der Waals surface area contributed by atoms with Gasteiger partial charge in [-0.1, -0.05) is 6.92 Å². The zero-order valence-corrected chi connectivity index (χ0v) is 8.17. The molecule has 4 heteroatoms. The van der Waals surface area contributed by atoms with Crippen LogP contribution in [0.3, 0.4) is 0 Å². The van der Waals surface area contributed by atoms with Gasteiger partial charge in [0.15, 0.2) is 4.67 Å². The number of furan rings is 1. The van der Waals surface area contributed by atoms with E-state index in [4.69, 9.17) is 9.52 Å². The van der Waals surface area contributed by atoms with Crippen molar-refractivity contribution < 1.29 is 14.3 Å². The van der Waals surface area contributed by atoms with Gasteiger partial charge in [-0.15, -0.1) is 0 Å². The number of carboxylic acid groups (broad SMARTS) is 1. The van der Waals surface area contributed by atoms with E-state index in [-0.39, 0.29) is 0 Å². The summed E-state index contributed by atoms with van der Waals surface area (Å²) in [4.78, 5) is 10.5. The van der Waals surface area contributed by atoms with Crippen molar-refractivity contribution in [1.29, 1.82) is 0 Å². The van der Waals surface area contributed by atoms with E-state index in [2.05, 4.69) is 15.9 Å². The number of carboxylic acids is 1. The summed E-state index contributed by atoms with van der Waals surface area (Å²) in [5.41, 5.74) is 0. The molecule has 0 saturated heterocycles. The molecule has 0 aromatic carbocycles. The average molecular weight is 233 g/mol. The molecule has 12 heavy (non-hydrogen) atoms. The van der Waals surface area contributed by atoms with E-state index >= 15 is 0 Å². The van der Waals surface area contributed by atoms with Crippen LogP contribution in [0.1, 0.15) is 12.7 Å². The predicted octanol–water partition coefficient (Wildman–Crippen LogP) is 2.31. The van der Waals surface area contributed by atoms with Crippen molar-refractivity contribution in [3.05, 3.63) is 22.6 Å². The molecule has 1 atom stereocenters. The summed E-state index contributed by atoms with van der Waals surface area (Å²) < 4.78 is 5.79. The van der Waals surface area contributed by atoms with Crippen molar-refractivity contribution in [1.82, 2.24) is 0 Å². The topological polar surface area (TPSA) is 50.4 Å². The first-order chi connectivity index (χ1) is 5.59.